The van der Waals surface area contributed by atoms with Gasteiger partial charge in [0.1, 0.15) is 5.82 Å². The molecule has 1 N–H and O–H groups in total. The lowest BCUT2D eigenvalue weighted by Crippen LogP contribution is -2.14. The fourth-order valence-electron chi connectivity index (χ4n) is 1.93. The molecule has 0 spiro atoms. The Morgan fingerprint density at radius 3 is 2.45 bits per heavy atom. The smallest absolute Gasteiger partial charge is 0.263 e. The number of ether oxygens (including phenoxy) is 2. The SMILES string of the molecule is CCc1ccnc(NS(=O)(=O)c2ccc(OC)c(OC)c2)c1. The summed E-state index contributed by atoms with van der Waals surface area (Å²) in [4.78, 5) is 4.11. The number of aromatic nitrogens is 1. The van der Waals surface area contributed by atoms with Gasteiger partial charge < -0.3 is 9.47 Å². The van der Waals surface area contributed by atoms with Gasteiger partial charge in [-0.05, 0) is 36.2 Å². The number of rotatable bonds is 6. The molecule has 0 saturated heterocycles. The molecular weight excluding hydrogens is 304 g/mol. The van der Waals surface area contributed by atoms with E-state index in [9.17, 15) is 8.42 Å². The number of nitrogens with one attached hydrogen (secondary N) is 1. The van der Waals surface area contributed by atoms with Gasteiger partial charge in [0.15, 0.2) is 11.5 Å². The molecule has 1 aromatic carbocycles. The van der Waals surface area contributed by atoms with Crippen molar-refractivity contribution in [1.29, 1.82) is 0 Å². The summed E-state index contributed by atoms with van der Waals surface area (Å²) in [6.45, 7) is 1.99. The van der Waals surface area contributed by atoms with Crippen molar-refractivity contribution in [2.24, 2.45) is 0 Å². The van der Waals surface area contributed by atoms with Crippen LogP contribution in [-0.4, -0.2) is 27.6 Å². The Balaban J connectivity index is 2.33. The molecule has 0 radical (unpaired) electrons. The average molecular weight is 322 g/mol. The second kappa shape index (κ2) is 6.65. The Morgan fingerprint density at radius 2 is 1.82 bits per heavy atom. The van der Waals surface area contributed by atoms with Crippen molar-refractivity contribution >= 4 is 15.8 Å². The lowest BCUT2D eigenvalue weighted by Gasteiger charge is -2.11. The quantitative estimate of drug-likeness (QED) is 0.884. The lowest BCUT2D eigenvalue weighted by atomic mass is 10.2. The van der Waals surface area contributed by atoms with Gasteiger partial charge in [0.25, 0.3) is 10.0 Å². The predicted octanol–water partition coefficient (Wildman–Crippen LogP) is 2.46. The molecule has 0 aliphatic rings. The molecule has 6 nitrogen and oxygen atoms in total. The van der Waals surface area contributed by atoms with E-state index in [1.54, 1.807) is 18.3 Å². The highest BCUT2D eigenvalue weighted by molar-refractivity contribution is 7.92. The predicted molar refractivity (Wildman–Crippen MR) is 84.0 cm³/mol. The number of aryl methyl sites for hydroxylation is 1. The summed E-state index contributed by atoms with van der Waals surface area (Å²) in [7, 11) is -0.801. The molecule has 2 aromatic rings. The number of pyridine rings is 1. The van der Waals surface area contributed by atoms with Crippen molar-refractivity contribution < 1.29 is 17.9 Å². The number of methoxy groups -OCH3 is 2. The van der Waals surface area contributed by atoms with Crippen molar-refractivity contribution in [3.63, 3.8) is 0 Å². The van der Waals surface area contributed by atoms with Crippen LogP contribution >= 0.6 is 0 Å². The van der Waals surface area contributed by atoms with E-state index in [0.717, 1.165) is 12.0 Å². The summed E-state index contributed by atoms with van der Waals surface area (Å²) in [6.07, 6.45) is 2.37. The zero-order chi connectivity index (χ0) is 16.2. The standard InChI is InChI=1S/C15H18N2O4S/c1-4-11-7-8-16-15(9-11)17-22(18,19)12-5-6-13(20-2)14(10-12)21-3/h5-10H,4H2,1-3H3,(H,16,17). The van der Waals surface area contributed by atoms with Gasteiger partial charge in [-0.3, -0.25) is 4.72 Å². The van der Waals surface area contributed by atoms with E-state index in [2.05, 4.69) is 9.71 Å². The van der Waals surface area contributed by atoms with E-state index in [1.165, 1.54) is 26.4 Å². The maximum atomic E-state index is 12.4. The number of hydrogen-bond donors (Lipinski definition) is 1. The number of nitrogens with zero attached hydrogens (tertiary/aromatic N) is 1. The molecule has 0 saturated carbocycles. The maximum absolute atomic E-state index is 12.4. The van der Waals surface area contributed by atoms with Gasteiger partial charge >= 0.3 is 0 Å². The van der Waals surface area contributed by atoms with E-state index in [1.807, 2.05) is 13.0 Å². The monoisotopic (exact) mass is 322 g/mol. The van der Waals surface area contributed by atoms with Gasteiger partial charge in [-0.15, -0.1) is 0 Å². The van der Waals surface area contributed by atoms with Crippen molar-refractivity contribution in [2.75, 3.05) is 18.9 Å². The van der Waals surface area contributed by atoms with Crippen molar-refractivity contribution in [2.45, 2.75) is 18.2 Å². The molecule has 0 aliphatic carbocycles. The van der Waals surface area contributed by atoms with Gasteiger partial charge in [0.05, 0.1) is 19.1 Å². The fourth-order valence-corrected chi connectivity index (χ4v) is 2.94. The minimum absolute atomic E-state index is 0.0776. The summed E-state index contributed by atoms with van der Waals surface area (Å²) in [5.74, 6) is 1.10. The second-order valence-electron chi connectivity index (χ2n) is 4.53. The molecule has 0 bridgehead atoms. The molecule has 0 atom stereocenters. The van der Waals surface area contributed by atoms with E-state index in [4.69, 9.17) is 9.47 Å². The zero-order valence-electron chi connectivity index (χ0n) is 12.7. The molecule has 0 fully saturated rings. The highest BCUT2D eigenvalue weighted by atomic mass is 32.2. The molecule has 1 heterocycles. The lowest BCUT2D eigenvalue weighted by molar-refractivity contribution is 0.354. The van der Waals surface area contributed by atoms with Crippen LogP contribution in [0.2, 0.25) is 0 Å². The maximum Gasteiger partial charge on any atom is 0.263 e. The topological polar surface area (TPSA) is 77.5 Å². The molecule has 7 heteroatoms. The number of benzene rings is 1. The Kier molecular flexibility index (Phi) is 4.87. The van der Waals surface area contributed by atoms with Crippen LogP contribution < -0.4 is 14.2 Å². The third-order valence-corrected chi connectivity index (χ3v) is 4.49. The summed E-state index contributed by atoms with van der Waals surface area (Å²) >= 11 is 0. The van der Waals surface area contributed by atoms with Crippen LogP contribution in [0.25, 0.3) is 0 Å². The molecule has 0 aliphatic heterocycles. The zero-order valence-corrected chi connectivity index (χ0v) is 13.5. The van der Waals surface area contributed by atoms with Crippen molar-refractivity contribution in [1.82, 2.24) is 4.98 Å². The first kappa shape index (κ1) is 16.1. The van der Waals surface area contributed by atoms with Gasteiger partial charge in [0.2, 0.25) is 0 Å². The van der Waals surface area contributed by atoms with Crippen LogP contribution in [0.4, 0.5) is 5.82 Å². The van der Waals surface area contributed by atoms with Gasteiger partial charge in [-0.25, -0.2) is 13.4 Å². The van der Waals surface area contributed by atoms with Crippen LogP contribution in [0.3, 0.4) is 0 Å². The molecule has 118 valence electrons. The number of anilines is 1. The summed E-state index contributed by atoms with van der Waals surface area (Å²) in [5, 5.41) is 0. The molecule has 2 rings (SSSR count). The Hall–Kier alpha value is -2.28. The highest BCUT2D eigenvalue weighted by Gasteiger charge is 2.17. The molecule has 0 unspecified atom stereocenters. The van der Waals surface area contributed by atoms with Gasteiger partial charge in [-0.2, -0.15) is 0 Å². The molecule has 22 heavy (non-hydrogen) atoms. The van der Waals surface area contributed by atoms with Crippen molar-refractivity contribution in [3.8, 4) is 11.5 Å². The molecule has 1 aromatic heterocycles. The first-order valence-corrected chi connectivity index (χ1v) is 8.18. The summed E-state index contributed by atoms with van der Waals surface area (Å²) < 4.78 is 37.5. The van der Waals surface area contributed by atoms with E-state index in [-0.39, 0.29) is 10.7 Å². The minimum atomic E-state index is -3.74. The first-order valence-electron chi connectivity index (χ1n) is 6.70. The minimum Gasteiger partial charge on any atom is -0.493 e. The summed E-state index contributed by atoms with van der Waals surface area (Å²) in [5.41, 5.74) is 1.00. The van der Waals surface area contributed by atoms with Gasteiger partial charge in [-0.1, -0.05) is 6.92 Å². The van der Waals surface area contributed by atoms with Crippen LogP contribution in [0.15, 0.2) is 41.4 Å². The largest absolute Gasteiger partial charge is 0.493 e. The van der Waals surface area contributed by atoms with Crippen LogP contribution in [0.5, 0.6) is 11.5 Å². The van der Waals surface area contributed by atoms with Crippen LogP contribution in [0, 0.1) is 0 Å². The van der Waals surface area contributed by atoms with Crippen LogP contribution in [0.1, 0.15) is 12.5 Å². The molecular formula is C15H18N2O4S. The fraction of sp³-hybridized carbons (Fsp3) is 0.267. The van der Waals surface area contributed by atoms with E-state index < -0.39 is 10.0 Å². The number of sulfonamides is 1. The first-order chi connectivity index (χ1) is 10.5. The van der Waals surface area contributed by atoms with E-state index >= 15 is 0 Å². The van der Waals surface area contributed by atoms with Crippen molar-refractivity contribution in [3.05, 3.63) is 42.1 Å². The number of hydrogen-bond acceptors (Lipinski definition) is 5. The highest BCUT2D eigenvalue weighted by Crippen LogP contribution is 2.30. The summed E-state index contributed by atoms with van der Waals surface area (Å²) in [6, 6.07) is 7.95. The Labute approximate surface area is 130 Å². The Bertz CT molecular complexity index is 760. The van der Waals surface area contributed by atoms with Crippen LogP contribution in [-0.2, 0) is 16.4 Å². The Morgan fingerprint density at radius 1 is 1.09 bits per heavy atom. The van der Waals surface area contributed by atoms with E-state index in [0.29, 0.717) is 11.5 Å². The second-order valence-corrected chi connectivity index (χ2v) is 6.21. The normalized spacial score (nSPS) is 11.0. The van der Waals surface area contributed by atoms with Gasteiger partial charge in [0, 0.05) is 12.3 Å². The third-order valence-electron chi connectivity index (χ3n) is 3.14. The third kappa shape index (κ3) is 3.48. The average Bonchev–Trinajstić information content (AvgIpc) is 2.53. The molecule has 0 amide bonds.